The van der Waals surface area contributed by atoms with Crippen molar-refractivity contribution >= 4 is 5.91 Å². The molecular weight excluding hydrogens is 310 g/mol. The summed E-state index contributed by atoms with van der Waals surface area (Å²) in [5, 5.41) is 6.30. The number of hydrogen-bond donors (Lipinski definition) is 2. The summed E-state index contributed by atoms with van der Waals surface area (Å²) in [6.07, 6.45) is 5.35. The van der Waals surface area contributed by atoms with E-state index >= 15 is 0 Å². The standard InChI is InChI=1S/C19H24F2N2O/c1-3-5-13(6-4-2)19(24)23-18-12-22-10-9-15(18)14-7-8-16(20)17(21)11-14/h3-4,7-8,11,13,15,18,22H,1-2,5-6,9-10,12H2,(H,23,24). The van der Waals surface area contributed by atoms with Crippen LogP contribution in [-0.4, -0.2) is 25.0 Å². The number of rotatable bonds is 7. The third-order valence-corrected chi connectivity index (χ3v) is 4.45. The van der Waals surface area contributed by atoms with E-state index in [2.05, 4.69) is 23.8 Å². The van der Waals surface area contributed by atoms with E-state index in [1.807, 2.05) is 0 Å². The molecule has 130 valence electrons. The van der Waals surface area contributed by atoms with Crippen molar-refractivity contribution in [3.05, 3.63) is 60.7 Å². The van der Waals surface area contributed by atoms with Gasteiger partial charge in [-0.15, -0.1) is 13.2 Å². The van der Waals surface area contributed by atoms with Crippen molar-refractivity contribution < 1.29 is 13.6 Å². The summed E-state index contributed by atoms with van der Waals surface area (Å²) in [7, 11) is 0. The maximum atomic E-state index is 13.6. The summed E-state index contributed by atoms with van der Waals surface area (Å²) in [5.41, 5.74) is 0.713. The Bertz CT molecular complexity index is 593. The van der Waals surface area contributed by atoms with Gasteiger partial charge in [0.25, 0.3) is 0 Å². The van der Waals surface area contributed by atoms with Crippen LogP contribution >= 0.6 is 0 Å². The van der Waals surface area contributed by atoms with Gasteiger partial charge < -0.3 is 10.6 Å². The quantitative estimate of drug-likeness (QED) is 0.751. The average Bonchev–Trinajstić information content (AvgIpc) is 2.57. The predicted octanol–water partition coefficient (Wildman–Crippen LogP) is 3.29. The van der Waals surface area contributed by atoms with Gasteiger partial charge in [-0.3, -0.25) is 4.79 Å². The molecule has 1 heterocycles. The Morgan fingerprint density at radius 2 is 2.00 bits per heavy atom. The van der Waals surface area contributed by atoms with Crippen LogP contribution in [-0.2, 0) is 4.79 Å². The predicted molar refractivity (Wildman–Crippen MR) is 91.6 cm³/mol. The van der Waals surface area contributed by atoms with Crippen LogP contribution in [0.2, 0.25) is 0 Å². The smallest absolute Gasteiger partial charge is 0.224 e. The lowest BCUT2D eigenvalue weighted by atomic mass is 9.85. The maximum Gasteiger partial charge on any atom is 0.224 e. The van der Waals surface area contributed by atoms with Crippen LogP contribution < -0.4 is 10.6 Å². The lowest BCUT2D eigenvalue weighted by Crippen LogP contribution is -2.51. The van der Waals surface area contributed by atoms with E-state index < -0.39 is 11.6 Å². The minimum atomic E-state index is -0.856. The van der Waals surface area contributed by atoms with Crippen molar-refractivity contribution in [2.75, 3.05) is 13.1 Å². The monoisotopic (exact) mass is 334 g/mol. The van der Waals surface area contributed by atoms with E-state index in [0.29, 0.717) is 24.9 Å². The number of nitrogens with one attached hydrogen (secondary N) is 2. The molecule has 0 aliphatic carbocycles. The van der Waals surface area contributed by atoms with Crippen LogP contribution in [0.15, 0.2) is 43.5 Å². The molecule has 2 atom stereocenters. The lowest BCUT2D eigenvalue weighted by molar-refractivity contribution is -0.125. The Balaban J connectivity index is 2.13. The van der Waals surface area contributed by atoms with Crippen molar-refractivity contribution in [2.24, 2.45) is 5.92 Å². The molecule has 3 nitrogen and oxygen atoms in total. The highest BCUT2D eigenvalue weighted by Crippen LogP contribution is 2.27. The summed E-state index contributed by atoms with van der Waals surface area (Å²) in [6, 6.07) is 3.81. The van der Waals surface area contributed by atoms with Gasteiger partial charge in [-0.1, -0.05) is 18.2 Å². The molecule has 1 aromatic rings. The largest absolute Gasteiger partial charge is 0.351 e. The Morgan fingerprint density at radius 3 is 2.62 bits per heavy atom. The van der Waals surface area contributed by atoms with Gasteiger partial charge in [0.2, 0.25) is 5.91 Å². The number of piperidine rings is 1. The second-order valence-corrected chi connectivity index (χ2v) is 6.13. The highest BCUT2D eigenvalue weighted by atomic mass is 19.2. The molecule has 1 amide bonds. The van der Waals surface area contributed by atoms with Crippen molar-refractivity contribution in [3.8, 4) is 0 Å². The van der Waals surface area contributed by atoms with E-state index in [9.17, 15) is 13.6 Å². The lowest BCUT2D eigenvalue weighted by Gasteiger charge is -2.34. The van der Waals surface area contributed by atoms with Crippen molar-refractivity contribution in [3.63, 3.8) is 0 Å². The summed E-state index contributed by atoms with van der Waals surface area (Å²) in [5.74, 6) is -2.01. The normalized spacial score (nSPS) is 20.6. The fourth-order valence-corrected chi connectivity index (χ4v) is 3.17. The number of hydrogen-bond acceptors (Lipinski definition) is 2. The third-order valence-electron chi connectivity index (χ3n) is 4.45. The highest BCUT2D eigenvalue weighted by Gasteiger charge is 2.29. The number of carbonyl (C=O) groups is 1. The van der Waals surface area contributed by atoms with Gasteiger partial charge in [0.15, 0.2) is 11.6 Å². The Kier molecular flexibility index (Phi) is 6.67. The van der Waals surface area contributed by atoms with E-state index in [0.717, 1.165) is 19.0 Å². The Morgan fingerprint density at radius 1 is 1.29 bits per heavy atom. The van der Waals surface area contributed by atoms with E-state index in [1.54, 1.807) is 18.2 Å². The zero-order valence-corrected chi connectivity index (χ0v) is 13.7. The Labute approximate surface area is 141 Å². The molecule has 0 saturated carbocycles. The molecule has 1 fully saturated rings. The summed E-state index contributed by atoms with van der Waals surface area (Å²) in [4.78, 5) is 12.5. The molecule has 1 aliphatic heterocycles. The van der Waals surface area contributed by atoms with Crippen LogP contribution in [0.1, 0.15) is 30.7 Å². The first-order valence-corrected chi connectivity index (χ1v) is 8.24. The first-order valence-electron chi connectivity index (χ1n) is 8.24. The van der Waals surface area contributed by atoms with Gasteiger partial charge in [-0.05, 0) is 43.5 Å². The van der Waals surface area contributed by atoms with Crippen molar-refractivity contribution in [2.45, 2.75) is 31.2 Å². The van der Waals surface area contributed by atoms with Gasteiger partial charge in [0.1, 0.15) is 0 Å². The minimum Gasteiger partial charge on any atom is -0.351 e. The Hall–Kier alpha value is -2.01. The third kappa shape index (κ3) is 4.51. The first-order chi connectivity index (χ1) is 11.6. The molecule has 0 radical (unpaired) electrons. The molecule has 2 N–H and O–H groups in total. The van der Waals surface area contributed by atoms with E-state index in [1.165, 1.54) is 6.07 Å². The average molecular weight is 334 g/mol. The molecule has 2 rings (SSSR count). The van der Waals surface area contributed by atoms with E-state index in [-0.39, 0.29) is 23.8 Å². The van der Waals surface area contributed by atoms with Gasteiger partial charge in [0.05, 0.1) is 0 Å². The fraction of sp³-hybridized carbons (Fsp3) is 0.421. The van der Waals surface area contributed by atoms with Gasteiger partial charge in [-0.2, -0.15) is 0 Å². The second kappa shape index (κ2) is 8.73. The van der Waals surface area contributed by atoms with Gasteiger partial charge in [0, 0.05) is 24.4 Å². The molecule has 0 spiro atoms. The van der Waals surface area contributed by atoms with E-state index in [4.69, 9.17) is 0 Å². The van der Waals surface area contributed by atoms with Crippen LogP contribution in [0.25, 0.3) is 0 Å². The zero-order chi connectivity index (χ0) is 17.5. The van der Waals surface area contributed by atoms with Crippen LogP contribution in [0.5, 0.6) is 0 Å². The maximum absolute atomic E-state index is 13.6. The SMILES string of the molecule is C=CCC(CC=C)C(=O)NC1CNCCC1c1ccc(F)c(F)c1. The second-order valence-electron chi connectivity index (χ2n) is 6.13. The molecular formula is C19H24F2N2O. The number of halogens is 2. The zero-order valence-electron chi connectivity index (χ0n) is 13.7. The molecule has 1 saturated heterocycles. The molecule has 2 unspecified atom stereocenters. The van der Waals surface area contributed by atoms with Gasteiger partial charge >= 0.3 is 0 Å². The summed E-state index contributed by atoms with van der Waals surface area (Å²) in [6.45, 7) is 8.76. The topological polar surface area (TPSA) is 41.1 Å². The number of carbonyl (C=O) groups excluding carboxylic acids is 1. The first kappa shape index (κ1) is 18.3. The van der Waals surface area contributed by atoms with Crippen molar-refractivity contribution in [1.29, 1.82) is 0 Å². The molecule has 24 heavy (non-hydrogen) atoms. The number of amides is 1. The van der Waals surface area contributed by atoms with Crippen molar-refractivity contribution in [1.82, 2.24) is 10.6 Å². The fourth-order valence-electron chi connectivity index (χ4n) is 3.17. The van der Waals surface area contributed by atoms with Crippen LogP contribution in [0.4, 0.5) is 8.78 Å². The van der Waals surface area contributed by atoms with Gasteiger partial charge in [-0.25, -0.2) is 8.78 Å². The van der Waals surface area contributed by atoms with Crippen LogP contribution in [0, 0.1) is 17.6 Å². The summed E-state index contributed by atoms with van der Waals surface area (Å²) < 4.78 is 26.7. The molecule has 5 heteroatoms. The minimum absolute atomic E-state index is 0.0431. The molecule has 1 aliphatic rings. The molecule has 0 aromatic heterocycles. The molecule has 1 aromatic carbocycles. The highest BCUT2D eigenvalue weighted by molar-refractivity contribution is 5.79. The summed E-state index contributed by atoms with van der Waals surface area (Å²) >= 11 is 0. The van der Waals surface area contributed by atoms with Crippen LogP contribution in [0.3, 0.4) is 0 Å². The number of allylic oxidation sites excluding steroid dienone is 2. The number of benzene rings is 1. The molecule has 0 bridgehead atoms.